The number of amides is 1. The minimum atomic E-state index is -0.540. The predicted molar refractivity (Wildman–Crippen MR) is 148 cm³/mol. The lowest BCUT2D eigenvalue weighted by molar-refractivity contribution is 0.0481. The van der Waals surface area contributed by atoms with E-state index in [9.17, 15) is 19.2 Å². The van der Waals surface area contributed by atoms with E-state index in [0.717, 1.165) is 21.5 Å². The maximum atomic E-state index is 13.2. The molecule has 0 saturated heterocycles. The third kappa shape index (κ3) is 6.55. The fraction of sp³-hybridized carbons (Fsp3) is 0.269. The molecule has 1 amide bonds. The predicted octanol–water partition coefficient (Wildman–Crippen LogP) is 2.34. The van der Waals surface area contributed by atoms with E-state index >= 15 is 0 Å². The highest BCUT2D eigenvalue weighted by Crippen LogP contribution is 2.18. The lowest BCUT2D eigenvalue weighted by Gasteiger charge is -2.10. The average Bonchev–Trinajstić information content (AvgIpc) is 3.35. The number of hydrogen-bond donors (Lipinski definition) is 1. The smallest absolute Gasteiger partial charge is 0.338 e. The molecule has 0 aliphatic rings. The molecule has 38 heavy (non-hydrogen) atoms. The molecule has 0 aliphatic heterocycles. The number of nitrogens with zero attached hydrogens (tertiary/aromatic N) is 4. The van der Waals surface area contributed by atoms with Crippen molar-refractivity contribution in [3.8, 4) is 0 Å². The van der Waals surface area contributed by atoms with Gasteiger partial charge in [0.25, 0.3) is 11.5 Å². The van der Waals surface area contributed by atoms with Crippen LogP contribution in [0.1, 0.15) is 36.7 Å². The Hall–Kier alpha value is -3.80. The molecule has 0 atom stereocenters. The van der Waals surface area contributed by atoms with Crippen molar-refractivity contribution in [3.63, 3.8) is 0 Å². The van der Waals surface area contributed by atoms with Gasteiger partial charge in [0.15, 0.2) is 0 Å². The Bertz CT molecular complexity index is 1540. The molecule has 1 aromatic carbocycles. The van der Waals surface area contributed by atoms with Gasteiger partial charge in [-0.2, -0.15) is 0 Å². The largest absolute Gasteiger partial charge is 0.461 e. The van der Waals surface area contributed by atoms with Gasteiger partial charge >= 0.3 is 11.7 Å². The maximum absolute atomic E-state index is 13.2. The van der Waals surface area contributed by atoms with Gasteiger partial charge < -0.3 is 15.0 Å². The molecule has 1 N–H and O–H groups in total. The molecule has 10 nitrogen and oxygen atoms in total. The molecular weight excluding hydrogens is 530 g/mol. The van der Waals surface area contributed by atoms with Gasteiger partial charge in [-0.3, -0.25) is 23.5 Å². The van der Waals surface area contributed by atoms with Gasteiger partial charge in [0.05, 0.1) is 12.1 Å². The number of nitrogens with one attached hydrogen (secondary N) is 1. The molecule has 0 unspecified atom stereocenters. The second-order valence-electron chi connectivity index (χ2n) is 8.74. The molecule has 0 radical (unpaired) electrons. The fourth-order valence-corrected chi connectivity index (χ4v) is 4.61. The summed E-state index contributed by atoms with van der Waals surface area (Å²) in [4.78, 5) is 57.7. The summed E-state index contributed by atoms with van der Waals surface area (Å²) >= 11 is 1.09. The third-order valence-corrected chi connectivity index (χ3v) is 6.93. The number of pyridine rings is 1. The van der Waals surface area contributed by atoms with E-state index < -0.39 is 17.2 Å². The van der Waals surface area contributed by atoms with Crippen LogP contribution in [0.4, 0.5) is 0 Å². The van der Waals surface area contributed by atoms with Crippen molar-refractivity contribution in [2.45, 2.75) is 20.0 Å². The summed E-state index contributed by atoms with van der Waals surface area (Å²) in [6.45, 7) is 2.88. The van der Waals surface area contributed by atoms with Gasteiger partial charge in [-0.15, -0.1) is 23.7 Å². The Balaban J connectivity index is 0.00000400. The molecular formula is C26H28ClN5O5S. The first-order valence-electron chi connectivity index (χ1n) is 11.6. The number of halogens is 1. The van der Waals surface area contributed by atoms with Gasteiger partial charge in [0, 0.05) is 37.2 Å². The SMILES string of the molecule is Cc1c(=O)n(Cc2ccc(C(=O)OCCN(C)C)cc2)c(=O)n2cc(C(=O)NCc3ccncc3)sc12.Cl. The number of likely N-dealkylation sites (N-methyl/N-ethyl adjacent to an activating group) is 1. The Morgan fingerprint density at radius 3 is 2.39 bits per heavy atom. The van der Waals surface area contributed by atoms with Crippen molar-refractivity contribution < 1.29 is 14.3 Å². The van der Waals surface area contributed by atoms with Crippen LogP contribution in [0, 0.1) is 6.92 Å². The number of fused-ring (bicyclic) bond motifs is 1. The summed E-state index contributed by atoms with van der Waals surface area (Å²) in [5, 5.41) is 2.82. The number of aromatic nitrogens is 3. The number of rotatable bonds is 9. The average molecular weight is 558 g/mol. The minimum Gasteiger partial charge on any atom is -0.461 e. The number of aryl methyl sites for hydroxylation is 1. The van der Waals surface area contributed by atoms with Crippen molar-refractivity contribution in [3.05, 3.63) is 103 Å². The number of hydrogen-bond acceptors (Lipinski definition) is 8. The molecule has 0 saturated carbocycles. The molecule has 0 aliphatic carbocycles. The van der Waals surface area contributed by atoms with Crippen LogP contribution in [0.25, 0.3) is 4.83 Å². The highest BCUT2D eigenvalue weighted by atomic mass is 35.5. The van der Waals surface area contributed by atoms with Crippen LogP contribution in [0.3, 0.4) is 0 Å². The summed E-state index contributed by atoms with van der Waals surface area (Å²) in [7, 11) is 3.78. The topological polar surface area (TPSA) is 115 Å². The van der Waals surface area contributed by atoms with Gasteiger partial charge in [0.1, 0.15) is 16.3 Å². The van der Waals surface area contributed by atoms with Crippen LogP contribution in [0.15, 0.2) is 64.6 Å². The highest BCUT2D eigenvalue weighted by Gasteiger charge is 2.18. The fourth-order valence-electron chi connectivity index (χ4n) is 3.61. The van der Waals surface area contributed by atoms with Crippen molar-refractivity contribution in [1.29, 1.82) is 0 Å². The first-order chi connectivity index (χ1) is 17.7. The maximum Gasteiger partial charge on any atom is 0.338 e. The zero-order valence-electron chi connectivity index (χ0n) is 21.2. The van der Waals surface area contributed by atoms with Crippen LogP contribution >= 0.6 is 23.7 Å². The summed E-state index contributed by atoms with van der Waals surface area (Å²) in [5.74, 6) is -0.771. The van der Waals surface area contributed by atoms with E-state index in [2.05, 4.69) is 10.3 Å². The second kappa shape index (κ2) is 12.6. The number of thiazole rings is 1. The Morgan fingerprint density at radius 2 is 1.74 bits per heavy atom. The molecule has 200 valence electrons. The standard InChI is InChI=1S/C26H27N5O5S.ClH/c1-17-23(33)30(15-19-4-6-20(7-5-19)25(34)36-13-12-29(2)3)26(35)31-16-21(37-24(17)31)22(32)28-14-18-8-10-27-11-9-18;/h4-11,16H,12-15H2,1-3H3,(H,28,32);1H. The van der Waals surface area contributed by atoms with E-state index in [1.165, 1.54) is 10.6 Å². The molecule has 0 bridgehead atoms. The molecule has 3 aromatic heterocycles. The van der Waals surface area contributed by atoms with Crippen LogP contribution < -0.4 is 16.6 Å². The Kier molecular flexibility index (Phi) is 9.56. The molecule has 4 rings (SSSR count). The van der Waals surface area contributed by atoms with Gasteiger partial charge in [-0.1, -0.05) is 12.1 Å². The number of carbonyl (C=O) groups is 2. The van der Waals surface area contributed by atoms with Gasteiger partial charge in [-0.05, 0) is 56.4 Å². The second-order valence-corrected chi connectivity index (χ2v) is 9.77. The van der Waals surface area contributed by atoms with E-state index in [-0.39, 0.29) is 31.5 Å². The van der Waals surface area contributed by atoms with Gasteiger partial charge in [-0.25, -0.2) is 9.59 Å². The number of carbonyl (C=O) groups excluding carboxylic acids is 2. The highest BCUT2D eigenvalue weighted by molar-refractivity contribution is 7.19. The van der Waals surface area contributed by atoms with E-state index in [1.54, 1.807) is 55.7 Å². The summed E-state index contributed by atoms with van der Waals surface area (Å²) < 4.78 is 7.70. The lowest BCUT2D eigenvalue weighted by atomic mass is 10.1. The molecule has 0 spiro atoms. The van der Waals surface area contributed by atoms with Crippen molar-refractivity contribution in [1.82, 2.24) is 24.2 Å². The zero-order chi connectivity index (χ0) is 26.5. The summed E-state index contributed by atoms with van der Waals surface area (Å²) in [6, 6.07) is 10.2. The molecule has 4 aromatic rings. The van der Waals surface area contributed by atoms with E-state index in [1.807, 2.05) is 19.0 Å². The quantitative estimate of drug-likeness (QED) is 0.314. The van der Waals surface area contributed by atoms with Gasteiger partial charge in [0.2, 0.25) is 0 Å². The molecule has 12 heteroatoms. The number of ether oxygens (including phenoxy) is 1. The zero-order valence-corrected chi connectivity index (χ0v) is 22.8. The monoisotopic (exact) mass is 557 g/mol. The normalized spacial score (nSPS) is 10.8. The van der Waals surface area contributed by atoms with Crippen molar-refractivity contribution >= 4 is 40.5 Å². The Labute approximate surface area is 228 Å². The van der Waals surface area contributed by atoms with Crippen LogP contribution in [0.2, 0.25) is 0 Å². The first kappa shape index (κ1) is 28.8. The van der Waals surface area contributed by atoms with Crippen molar-refractivity contribution in [2.24, 2.45) is 0 Å². The summed E-state index contributed by atoms with van der Waals surface area (Å²) in [6.07, 6.45) is 4.74. The van der Waals surface area contributed by atoms with Crippen LogP contribution in [-0.4, -0.2) is 58.0 Å². The first-order valence-corrected chi connectivity index (χ1v) is 12.4. The minimum absolute atomic E-state index is 0. The number of esters is 1. The third-order valence-electron chi connectivity index (χ3n) is 5.72. The summed E-state index contributed by atoms with van der Waals surface area (Å²) in [5.41, 5.74) is 1.36. The molecule has 3 heterocycles. The lowest BCUT2D eigenvalue weighted by Crippen LogP contribution is -2.38. The van der Waals surface area contributed by atoms with Crippen LogP contribution in [-0.2, 0) is 17.8 Å². The number of benzene rings is 1. The molecule has 0 fully saturated rings. The Morgan fingerprint density at radius 1 is 1.05 bits per heavy atom. The van der Waals surface area contributed by atoms with Crippen LogP contribution in [0.5, 0.6) is 0 Å². The van der Waals surface area contributed by atoms with Crippen molar-refractivity contribution in [2.75, 3.05) is 27.2 Å². The van der Waals surface area contributed by atoms with E-state index in [4.69, 9.17) is 4.74 Å². The van der Waals surface area contributed by atoms with E-state index in [0.29, 0.717) is 39.5 Å².